The van der Waals surface area contributed by atoms with Gasteiger partial charge in [-0.3, -0.25) is 0 Å². The number of rotatable bonds is 5. The Morgan fingerprint density at radius 2 is 1.93 bits per heavy atom. The molecule has 0 saturated carbocycles. The summed E-state index contributed by atoms with van der Waals surface area (Å²) in [6.07, 6.45) is -0.757. The van der Waals surface area contributed by atoms with E-state index in [1.807, 2.05) is 6.07 Å². The van der Waals surface area contributed by atoms with E-state index in [1.165, 1.54) is 23.5 Å². The number of nitrogens with zero attached hydrogens (tertiary/aromatic N) is 3. The van der Waals surface area contributed by atoms with E-state index in [0.717, 1.165) is 5.56 Å². The number of aliphatic hydroxyl groups excluding tert-OH is 1. The third-order valence-corrected chi connectivity index (χ3v) is 5.64. The molecular formula is C19H16ClFN4OS. The van der Waals surface area contributed by atoms with Gasteiger partial charge in [0, 0.05) is 11.3 Å². The fourth-order valence-electron chi connectivity index (χ4n) is 2.55. The first-order valence-corrected chi connectivity index (χ1v) is 9.33. The molecule has 0 aliphatic heterocycles. The van der Waals surface area contributed by atoms with Gasteiger partial charge in [0.15, 0.2) is 0 Å². The highest BCUT2D eigenvalue weighted by Gasteiger charge is 2.23. The van der Waals surface area contributed by atoms with Gasteiger partial charge in [-0.25, -0.2) is 4.39 Å². The van der Waals surface area contributed by atoms with Crippen molar-refractivity contribution in [1.82, 2.24) is 10.2 Å². The van der Waals surface area contributed by atoms with Crippen LogP contribution < -0.4 is 5.32 Å². The van der Waals surface area contributed by atoms with Gasteiger partial charge in [-0.05, 0) is 55.8 Å². The molecule has 0 saturated heterocycles. The van der Waals surface area contributed by atoms with Crippen LogP contribution in [0.25, 0.3) is 10.6 Å². The topological polar surface area (TPSA) is 81.8 Å². The van der Waals surface area contributed by atoms with Gasteiger partial charge in [0.25, 0.3) is 0 Å². The summed E-state index contributed by atoms with van der Waals surface area (Å²) in [5, 5.41) is 32.5. The van der Waals surface area contributed by atoms with E-state index in [2.05, 4.69) is 15.5 Å². The molecule has 3 aromatic rings. The highest BCUT2D eigenvalue weighted by atomic mass is 35.5. The Balaban J connectivity index is 1.90. The monoisotopic (exact) mass is 402 g/mol. The van der Waals surface area contributed by atoms with E-state index in [4.69, 9.17) is 16.9 Å². The van der Waals surface area contributed by atoms with Crippen LogP contribution in [-0.4, -0.2) is 21.4 Å². The lowest BCUT2D eigenvalue weighted by Crippen LogP contribution is -2.23. The molecule has 1 aromatic heterocycles. The van der Waals surface area contributed by atoms with Crippen LogP contribution >= 0.6 is 22.9 Å². The molecule has 2 N–H and O–H groups in total. The van der Waals surface area contributed by atoms with E-state index in [1.54, 1.807) is 38.1 Å². The normalized spacial score (nSPS) is 13.0. The number of anilines is 1. The Morgan fingerprint density at radius 3 is 2.56 bits per heavy atom. The first kappa shape index (κ1) is 19.2. The third-order valence-electron chi connectivity index (χ3n) is 4.10. The maximum absolute atomic E-state index is 13.1. The summed E-state index contributed by atoms with van der Waals surface area (Å²) in [4.78, 5) is 0. The van der Waals surface area contributed by atoms with Crippen molar-refractivity contribution in [3.8, 4) is 16.6 Å². The number of hydrogen-bond donors (Lipinski definition) is 2. The number of aliphatic hydroxyl groups is 1. The molecule has 27 heavy (non-hydrogen) atoms. The fourth-order valence-corrected chi connectivity index (χ4v) is 3.76. The van der Waals surface area contributed by atoms with Crippen molar-refractivity contribution < 1.29 is 9.50 Å². The Labute approximate surface area is 165 Å². The number of benzene rings is 2. The number of halogens is 2. The van der Waals surface area contributed by atoms with Gasteiger partial charge in [-0.15, -0.1) is 10.2 Å². The maximum Gasteiger partial charge on any atom is 0.147 e. The molecule has 0 aliphatic rings. The quantitative estimate of drug-likeness (QED) is 0.645. The molecule has 0 unspecified atom stereocenters. The number of nitrogens with one attached hydrogen (secondary N) is 1. The predicted octanol–water partition coefficient (Wildman–Crippen LogP) is 4.71. The summed E-state index contributed by atoms with van der Waals surface area (Å²) in [6, 6.07) is 10.9. The van der Waals surface area contributed by atoms with Crippen molar-refractivity contribution in [2.45, 2.75) is 26.0 Å². The van der Waals surface area contributed by atoms with Crippen molar-refractivity contribution >= 4 is 28.6 Å². The molecule has 0 amide bonds. The van der Waals surface area contributed by atoms with Gasteiger partial charge >= 0.3 is 0 Å². The van der Waals surface area contributed by atoms with Crippen LogP contribution in [0.3, 0.4) is 0 Å². The molecular weight excluding hydrogens is 387 g/mol. The summed E-state index contributed by atoms with van der Waals surface area (Å²) in [6.45, 7) is 3.45. The molecule has 0 spiro atoms. The van der Waals surface area contributed by atoms with Crippen LogP contribution in [0, 0.1) is 24.1 Å². The van der Waals surface area contributed by atoms with Crippen LogP contribution in [0.1, 0.15) is 29.1 Å². The summed E-state index contributed by atoms with van der Waals surface area (Å²) in [5.41, 5.74) is 2.55. The Kier molecular flexibility index (Phi) is 5.71. The van der Waals surface area contributed by atoms with E-state index in [-0.39, 0.29) is 5.82 Å². The van der Waals surface area contributed by atoms with Gasteiger partial charge in [-0.1, -0.05) is 22.9 Å². The maximum atomic E-state index is 13.1. The first-order valence-electron chi connectivity index (χ1n) is 8.14. The zero-order valence-electron chi connectivity index (χ0n) is 14.6. The van der Waals surface area contributed by atoms with Gasteiger partial charge in [-0.2, -0.15) is 5.26 Å². The second-order valence-electron chi connectivity index (χ2n) is 6.03. The van der Waals surface area contributed by atoms with Crippen molar-refractivity contribution in [3.05, 3.63) is 63.4 Å². The molecule has 5 nitrogen and oxygen atoms in total. The minimum Gasteiger partial charge on any atom is -0.391 e. The molecule has 1 heterocycles. The number of hydrogen-bond acceptors (Lipinski definition) is 6. The van der Waals surface area contributed by atoms with E-state index in [9.17, 15) is 9.50 Å². The lowest BCUT2D eigenvalue weighted by molar-refractivity contribution is 0.172. The smallest absolute Gasteiger partial charge is 0.147 e. The summed E-state index contributed by atoms with van der Waals surface area (Å²) in [5.74, 6) is -0.319. The SMILES string of the molecule is Cc1c(N[C@@H](c2nnc(-c3ccc(F)cc3)s2)[C@@H](C)O)ccc(C#N)c1Cl. The highest BCUT2D eigenvalue weighted by molar-refractivity contribution is 7.14. The largest absolute Gasteiger partial charge is 0.391 e. The summed E-state index contributed by atoms with van der Waals surface area (Å²) in [7, 11) is 0. The van der Waals surface area contributed by atoms with Crippen LogP contribution in [0.4, 0.5) is 10.1 Å². The molecule has 8 heteroatoms. The summed E-state index contributed by atoms with van der Waals surface area (Å²) >= 11 is 7.54. The highest BCUT2D eigenvalue weighted by Crippen LogP contribution is 2.33. The lowest BCUT2D eigenvalue weighted by atomic mass is 10.1. The predicted molar refractivity (Wildman–Crippen MR) is 104 cm³/mol. The fraction of sp³-hybridized carbons (Fsp3) is 0.211. The third kappa shape index (κ3) is 4.08. The van der Waals surface area contributed by atoms with Crippen LogP contribution in [-0.2, 0) is 0 Å². The molecule has 0 radical (unpaired) electrons. The zero-order valence-corrected chi connectivity index (χ0v) is 16.1. The lowest BCUT2D eigenvalue weighted by Gasteiger charge is -2.21. The van der Waals surface area contributed by atoms with Crippen molar-refractivity contribution in [3.63, 3.8) is 0 Å². The van der Waals surface area contributed by atoms with E-state index in [0.29, 0.717) is 31.9 Å². The van der Waals surface area contributed by atoms with E-state index < -0.39 is 12.1 Å². The van der Waals surface area contributed by atoms with Crippen LogP contribution in [0.2, 0.25) is 5.02 Å². The number of aromatic nitrogens is 2. The second-order valence-corrected chi connectivity index (χ2v) is 7.41. The first-order chi connectivity index (χ1) is 12.9. The Hall–Kier alpha value is -2.53. The van der Waals surface area contributed by atoms with Gasteiger partial charge in [0.05, 0.1) is 16.7 Å². The minimum atomic E-state index is -0.757. The molecule has 3 rings (SSSR count). The van der Waals surface area contributed by atoms with Gasteiger partial charge < -0.3 is 10.4 Å². The van der Waals surface area contributed by atoms with E-state index >= 15 is 0 Å². The average molecular weight is 403 g/mol. The van der Waals surface area contributed by atoms with Gasteiger partial charge in [0.2, 0.25) is 0 Å². The minimum absolute atomic E-state index is 0.319. The molecule has 2 aromatic carbocycles. The van der Waals surface area contributed by atoms with Gasteiger partial charge in [0.1, 0.15) is 27.9 Å². The summed E-state index contributed by atoms with van der Waals surface area (Å²) < 4.78 is 13.1. The average Bonchev–Trinajstić information content (AvgIpc) is 3.13. The standard InChI is InChI=1S/C19H16ClFN4OS/c1-10-15(8-5-13(9-22)16(10)20)23-17(11(2)26)19-25-24-18(27-19)12-3-6-14(21)7-4-12/h3-8,11,17,23,26H,1-2H3/t11-,17-/m1/s1. The Bertz CT molecular complexity index is 998. The van der Waals surface area contributed by atoms with Crippen molar-refractivity contribution in [1.29, 1.82) is 5.26 Å². The number of nitriles is 1. The van der Waals surface area contributed by atoms with Crippen LogP contribution in [0.15, 0.2) is 36.4 Å². The second kappa shape index (κ2) is 8.01. The van der Waals surface area contributed by atoms with Crippen LogP contribution in [0.5, 0.6) is 0 Å². The molecule has 0 fully saturated rings. The van der Waals surface area contributed by atoms with Crippen molar-refractivity contribution in [2.24, 2.45) is 0 Å². The molecule has 138 valence electrons. The molecule has 0 aliphatic carbocycles. The molecule has 0 bridgehead atoms. The zero-order chi connectivity index (χ0) is 19.6. The van der Waals surface area contributed by atoms with Crippen molar-refractivity contribution in [2.75, 3.05) is 5.32 Å². The molecule has 2 atom stereocenters. The Morgan fingerprint density at radius 1 is 1.22 bits per heavy atom.